The molecule has 0 aromatic carbocycles. The molecule has 2 heterocycles. The van der Waals surface area contributed by atoms with Gasteiger partial charge < -0.3 is 20.6 Å². The maximum atomic E-state index is 10.7. The first kappa shape index (κ1) is 19.2. The summed E-state index contributed by atoms with van der Waals surface area (Å²) in [5, 5.41) is 24.1. The molecule has 2 aromatic rings. The molecule has 0 saturated carbocycles. The van der Waals surface area contributed by atoms with Crippen LogP contribution in [0.1, 0.15) is 25.1 Å². The molecule has 138 valence electrons. The number of aliphatic hydroxyl groups is 1. The van der Waals surface area contributed by atoms with Gasteiger partial charge >= 0.3 is 0 Å². The molecule has 0 aliphatic heterocycles. The highest BCUT2D eigenvalue weighted by Crippen LogP contribution is 2.19. The zero-order chi connectivity index (χ0) is 18.4. The van der Waals surface area contributed by atoms with Crippen LogP contribution in [-0.4, -0.2) is 53.0 Å². The molecule has 0 spiro atoms. The third kappa shape index (κ3) is 5.43. The van der Waals surface area contributed by atoms with E-state index in [1.165, 1.54) is 0 Å². The normalized spacial score (nSPS) is 14.2. The van der Waals surface area contributed by atoms with E-state index in [2.05, 4.69) is 25.7 Å². The molecule has 0 amide bonds. The Hall–Kier alpha value is -2.13. The summed E-state index contributed by atoms with van der Waals surface area (Å²) in [6, 6.07) is 0. The molecule has 0 bridgehead atoms. The Labute approximate surface area is 152 Å². The van der Waals surface area contributed by atoms with Gasteiger partial charge in [-0.25, -0.2) is 9.98 Å². The molecule has 0 aliphatic rings. The third-order valence-electron chi connectivity index (χ3n) is 3.59. The van der Waals surface area contributed by atoms with Crippen molar-refractivity contribution in [2.24, 2.45) is 12.0 Å². The molecule has 3 N–H and O–H groups in total. The summed E-state index contributed by atoms with van der Waals surface area (Å²) in [7, 11) is 5.77. The minimum absolute atomic E-state index is 0.324. The first-order chi connectivity index (χ1) is 11.8. The van der Waals surface area contributed by atoms with Gasteiger partial charge in [0.1, 0.15) is 5.60 Å². The van der Waals surface area contributed by atoms with Crippen LogP contribution in [0.2, 0.25) is 0 Å². The molecule has 1 unspecified atom stereocenters. The van der Waals surface area contributed by atoms with Gasteiger partial charge in [0.2, 0.25) is 0 Å². The summed E-state index contributed by atoms with van der Waals surface area (Å²) in [4.78, 5) is 11.0. The summed E-state index contributed by atoms with van der Waals surface area (Å²) in [5.41, 5.74) is 0.641. The zero-order valence-electron chi connectivity index (χ0n) is 15.4. The van der Waals surface area contributed by atoms with Gasteiger partial charge in [-0.3, -0.25) is 4.68 Å². The Kier molecular flexibility index (Phi) is 6.38. The lowest BCUT2D eigenvalue weighted by Gasteiger charge is -2.23. The lowest BCUT2D eigenvalue weighted by molar-refractivity contribution is 0.0616. The molecular formula is C16H27N7OS. The van der Waals surface area contributed by atoms with Crippen molar-refractivity contribution in [3.05, 3.63) is 29.0 Å². The van der Waals surface area contributed by atoms with E-state index < -0.39 is 5.60 Å². The van der Waals surface area contributed by atoms with E-state index in [9.17, 15) is 5.11 Å². The highest BCUT2D eigenvalue weighted by Gasteiger charge is 2.25. The molecule has 1 atom stereocenters. The lowest BCUT2D eigenvalue weighted by atomic mass is 10.00. The predicted octanol–water partition coefficient (Wildman–Crippen LogP) is 0.905. The number of nitrogens with zero attached hydrogens (tertiary/aromatic N) is 5. The molecule has 0 radical (unpaired) electrons. The smallest absolute Gasteiger partial charge is 0.191 e. The standard InChI is InChI=1S/C16H27N7OS/c1-6-17-14(18-8-13-10-25-15(21-13)22(3)4)19-11-16(2,24)12-7-20-23(5)9-12/h7,9-10,24H,6,8,11H2,1-5H3,(H2,17,18,19). The topological polar surface area (TPSA) is 90.6 Å². The van der Waals surface area contributed by atoms with Gasteiger partial charge in [-0.1, -0.05) is 0 Å². The second-order valence-electron chi connectivity index (χ2n) is 6.24. The van der Waals surface area contributed by atoms with E-state index in [1.54, 1.807) is 29.1 Å². The molecule has 0 fully saturated rings. The summed E-state index contributed by atoms with van der Waals surface area (Å²) in [6.45, 7) is 5.30. The number of rotatable bonds is 7. The number of aryl methyl sites for hydroxylation is 1. The fourth-order valence-corrected chi connectivity index (χ4v) is 2.88. The minimum Gasteiger partial charge on any atom is -0.383 e. The van der Waals surface area contributed by atoms with Crippen LogP contribution in [0.15, 0.2) is 22.8 Å². The number of anilines is 1. The van der Waals surface area contributed by atoms with E-state index in [1.807, 2.05) is 44.5 Å². The van der Waals surface area contributed by atoms with Crippen LogP contribution < -0.4 is 15.5 Å². The van der Waals surface area contributed by atoms with Crippen molar-refractivity contribution in [2.45, 2.75) is 26.0 Å². The van der Waals surface area contributed by atoms with Crippen molar-refractivity contribution in [1.82, 2.24) is 25.4 Å². The number of hydrogen-bond acceptors (Lipinski definition) is 6. The van der Waals surface area contributed by atoms with Gasteiger partial charge in [0.25, 0.3) is 0 Å². The number of hydrogen-bond donors (Lipinski definition) is 3. The monoisotopic (exact) mass is 365 g/mol. The Balaban J connectivity index is 1.99. The van der Waals surface area contributed by atoms with Gasteiger partial charge in [0.05, 0.1) is 25.0 Å². The predicted molar refractivity (Wildman–Crippen MR) is 102 cm³/mol. The highest BCUT2D eigenvalue weighted by molar-refractivity contribution is 7.13. The van der Waals surface area contributed by atoms with Gasteiger partial charge in [0, 0.05) is 44.8 Å². The zero-order valence-corrected chi connectivity index (χ0v) is 16.3. The van der Waals surface area contributed by atoms with Gasteiger partial charge in [0.15, 0.2) is 11.1 Å². The molecule has 0 aliphatic carbocycles. The Bertz CT molecular complexity index is 705. The van der Waals surface area contributed by atoms with Crippen LogP contribution in [0.4, 0.5) is 5.13 Å². The largest absolute Gasteiger partial charge is 0.383 e. The maximum absolute atomic E-state index is 10.7. The van der Waals surface area contributed by atoms with Crippen molar-refractivity contribution < 1.29 is 5.11 Å². The molecule has 2 aromatic heterocycles. The van der Waals surface area contributed by atoms with Crippen LogP contribution in [0.3, 0.4) is 0 Å². The number of aliphatic imine (C=N–C) groups is 1. The first-order valence-electron chi connectivity index (χ1n) is 8.17. The number of nitrogens with one attached hydrogen (secondary N) is 2. The van der Waals surface area contributed by atoms with Crippen molar-refractivity contribution in [3.63, 3.8) is 0 Å². The Morgan fingerprint density at radius 1 is 1.44 bits per heavy atom. The average molecular weight is 366 g/mol. The second kappa shape index (κ2) is 8.30. The fourth-order valence-electron chi connectivity index (χ4n) is 2.13. The number of aromatic nitrogens is 3. The van der Waals surface area contributed by atoms with E-state index in [0.29, 0.717) is 19.0 Å². The first-order valence-corrected chi connectivity index (χ1v) is 9.05. The Morgan fingerprint density at radius 2 is 2.20 bits per heavy atom. The molecule has 0 saturated heterocycles. The van der Waals surface area contributed by atoms with Gasteiger partial charge in [-0.15, -0.1) is 11.3 Å². The molecule has 2 rings (SSSR count). The van der Waals surface area contributed by atoms with Crippen molar-refractivity contribution in [2.75, 3.05) is 32.1 Å². The fraction of sp³-hybridized carbons (Fsp3) is 0.562. The van der Waals surface area contributed by atoms with Crippen molar-refractivity contribution >= 4 is 22.4 Å². The molecule has 9 heteroatoms. The SMILES string of the molecule is CCNC(=NCc1csc(N(C)C)n1)NCC(C)(O)c1cnn(C)c1. The summed E-state index contributed by atoms with van der Waals surface area (Å²) >= 11 is 1.60. The van der Waals surface area contributed by atoms with Gasteiger partial charge in [-0.2, -0.15) is 5.10 Å². The Morgan fingerprint density at radius 3 is 2.76 bits per heavy atom. The van der Waals surface area contributed by atoms with E-state index in [4.69, 9.17) is 0 Å². The second-order valence-corrected chi connectivity index (χ2v) is 7.08. The summed E-state index contributed by atoms with van der Waals surface area (Å²) in [5.74, 6) is 0.645. The van der Waals surface area contributed by atoms with Crippen molar-refractivity contribution in [3.8, 4) is 0 Å². The summed E-state index contributed by atoms with van der Waals surface area (Å²) < 4.78 is 1.67. The lowest BCUT2D eigenvalue weighted by Crippen LogP contribution is -2.44. The highest BCUT2D eigenvalue weighted by atomic mass is 32.1. The van der Waals surface area contributed by atoms with Crippen LogP contribution in [-0.2, 0) is 19.2 Å². The quantitative estimate of drug-likeness (QED) is 0.499. The van der Waals surface area contributed by atoms with Crippen LogP contribution >= 0.6 is 11.3 Å². The van der Waals surface area contributed by atoms with Crippen molar-refractivity contribution in [1.29, 1.82) is 0 Å². The maximum Gasteiger partial charge on any atom is 0.191 e. The van der Waals surface area contributed by atoms with Crippen LogP contribution in [0.25, 0.3) is 0 Å². The minimum atomic E-state index is -1.04. The summed E-state index contributed by atoms with van der Waals surface area (Å²) in [6.07, 6.45) is 3.48. The molecule has 8 nitrogen and oxygen atoms in total. The van der Waals surface area contributed by atoms with E-state index in [0.717, 1.165) is 22.9 Å². The van der Waals surface area contributed by atoms with E-state index in [-0.39, 0.29) is 0 Å². The molecular weight excluding hydrogens is 338 g/mol. The number of thiazole rings is 1. The van der Waals surface area contributed by atoms with Crippen LogP contribution in [0.5, 0.6) is 0 Å². The number of guanidine groups is 1. The third-order valence-corrected chi connectivity index (χ3v) is 4.65. The average Bonchev–Trinajstić information content (AvgIpc) is 3.19. The van der Waals surface area contributed by atoms with Gasteiger partial charge in [-0.05, 0) is 13.8 Å². The van der Waals surface area contributed by atoms with Crippen LogP contribution in [0, 0.1) is 0 Å². The molecule has 25 heavy (non-hydrogen) atoms. The van der Waals surface area contributed by atoms with E-state index >= 15 is 0 Å².